The zero-order valence-corrected chi connectivity index (χ0v) is 12.6. The first-order valence-electron chi connectivity index (χ1n) is 6.63. The van der Waals surface area contributed by atoms with E-state index in [1.807, 2.05) is 0 Å². The van der Waals surface area contributed by atoms with Gasteiger partial charge < -0.3 is 5.32 Å². The van der Waals surface area contributed by atoms with Gasteiger partial charge >= 0.3 is 0 Å². The summed E-state index contributed by atoms with van der Waals surface area (Å²) >= 11 is 0. The normalized spacial score (nSPS) is 17.4. The Morgan fingerprint density at radius 1 is 1.40 bits per heavy atom. The average Bonchev–Trinajstić information content (AvgIpc) is 2.32. The molecule has 1 amide bonds. The van der Waals surface area contributed by atoms with Gasteiger partial charge in [0.05, 0.1) is 4.90 Å². The lowest BCUT2D eigenvalue weighted by Gasteiger charge is -2.38. The molecule has 0 unspecified atom stereocenters. The summed E-state index contributed by atoms with van der Waals surface area (Å²) in [5, 5.41) is 7.99. The number of primary sulfonamides is 1. The Balaban J connectivity index is 2.10. The molecule has 1 aliphatic carbocycles. The molecule has 1 saturated carbocycles. The number of rotatable bonds is 4. The van der Waals surface area contributed by atoms with Gasteiger partial charge in [-0.25, -0.2) is 13.6 Å². The molecule has 1 aromatic rings. The van der Waals surface area contributed by atoms with Gasteiger partial charge in [-0.2, -0.15) is 0 Å². The van der Waals surface area contributed by atoms with Gasteiger partial charge in [-0.05, 0) is 48.9 Å². The summed E-state index contributed by atoms with van der Waals surface area (Å²) < 4.78 is 22.5. The molecule has 2 rings (SSSR count). The number of sulfonamides is 1. The van der Waals surface area contributed by atoms with E-state index in [2.05, 4.69) is 12.2 Å². The summed E-state index contributed by atoms with van der Waals surface area (Å²) in [4.78, 5) is 12.1. The van der Waals surface area contributed by atoms with E-state index in [0.29, 0.717) is 17.7 Å². The van der Waals surface area contributed by atoms with Gasteiger partial charge in [-0.1, -0.05) is 13.3 Å². The van der Waals surface area contributed by atoms with Gasteiger partial charge in [-0.3, -0.25) is 4.79 Å². The minimum absolute atomic E-state index is 0.0255. The van der Waals surface area contributed by atoms with E-state index in [4.69, 9.17) is 5.14 Å². The van der Waals surface area contributed by atoms with Gasteiger partial charge in [0.25, 0.3) is 5.91 Å². The van der Waals surface area contributed by atoms with Crippen molar-refractivity contribution in [2.45, 2.75) is 38.0 Å². The van der Waals surface area contributed by atoms with Gasteiger partial charge in [0.1, 0.15) is 0 Å². The van der Waals surface area contributed by atoms with Crippen molar-refractivity contribution in [2.75, 3.05) is 6.54 Å². The molecule has 5 nitrogen and oxygen atoms in total. The summed E-state index contributed by atoms with van der Waals surface area (Å²) in [7, 11) is -3.73. The lowest BCUT2D eigenvalue weighted by Crippen LogP contribution is -2.40. The van der Waals surface area contributed by atoms with Crippen LogP contribution in [0.3, 0.4) is 0 Å². The molecule has 0 atom stereocenters. The van der Waals surface area contributed by atoms with E-state index >= 15 is 0 Å². The molecule has 0 aromatic heterocycles. The van der Waals surface area contributed by atoms with Crippen molar-refractivity contribution in [2.24, 2.45) is 10.6 Å². The second-order valence-electron chi connectivity index (χ2n) is 5.87. The summed E-state index contributed by atoms with van der Waals surface area (Å²) in [5.74, 6) is -0.170. The lowest BCUT2D eigenvalue weighted by atomic mass is 9.70. The molecule has 0 radical (unpaired) electrons. The number of nitrogens with one attached hydrogen (secondary N) is 1. The summed E-state index contributed by atoms with van der Waals surface area (Å²) in [6, 6.07) is 4.30. The average molecular weight is 296 g/mol. The maximum Gasteiger partial charge on any atom is 0.251 e. The van der Waals surface area contributed by atoms with Crippen LogP contribution in [-0.4, -0.2) is 20.9 Å². The highest BCUT2D eigenvalue weighted by atomic mass is 32.2. The highest BCUT2D eigenvalue weighted by molar-refractivity contribution is 7.89. The highest BCUT2D eigenvalue weighted by Gasteiger charge is 2.32. The number of hydrogen-bond donors (Lipinski definition) is 2. The van der Waals surface area contributed by atoms with Crippen molar-refractivity contribution in [3.63, 3.8) is 0 Å². The van der Waals surface area contributed by atoms with Crippen molar-refractivity contribution in [1.29, 1.82) is 0 Å². The molecule has 0 saturated heterocycles. The Morgan fingerprint density at radius 2 is 2.05 bits per heavy atom. The molecule has 1 fully saturated rings. The van der Waals surface area contributed by atoms with E-state index in [1.165, 1.54) is 24.6 Å². The number of hydrogen-bond acceptors (Lipinski definition) is 3. The Kier molecular flexibility index (Phi) is 3.88. The minimum Gasteiger partial charge on any atom is -0.351 e. The number of aryl methyl sites for hydroxylation is 1. The maximum atomic E-state index is 12.1. The Labute approximate surface area is 119 Å². The molecule has 0 heterocycles. The summed E-state index contributed by atoms with van der Waals surface area (Å²) in [6.45, 7) is 4.52. The quantitative estimate of drug-likeness (QED) is 0.883. The molecule has 0 bridgehead atoms. The Hall–Kier alpha value is -1.40. The van der Waals surface area contributed by atoms with Gasteiger partial charge in [0.15, 0.2) is 0 Å². The highest BCUT2D eigenvalue weighted by Crippen LogP contribution is 2.39. The van der Waals surface area contributed by atoms with Crippen molar-refractivity contribution in [3.05, 3.63) is 29.3 Å². The van der Waals surface area contributed by atoms with Crippen LogP contribution in [0.1, 0.15) is 42.1 Å². The topological polar surface area (TPSA) is 89.3 Å². The van der Waals surface area contributed by atoms with E-state index in [0.717, 1.165) is 12.8 Å². The minimum atomic E-state index is -3.73. The number of carbonyl (C=O) groups is 1. The standard InChI is InChI=1S/C14H20N2O3S/c1-10-8-11(20(15,18)19)4-5-12(10)13(17)16-9-14(2)6-3-7-14/h4-5,8H,3,6-7,9H2,1-2H3,(H,16,17)(H2,15,18,19). The Bertz CT molecular complexity index is 634. The van der Waals surface area contributed by atoms with Crippen LogP contribution in [0, 0.1) is 12.3 Å². The third-order valence-electron chi connectivity index (χ3n) is 4.01. The predicted molar refractivity (Wildman–Crippen MR) is 76.8 cm³/mol. The van der Waals surface area contributed by atoms with Crippen LogP contribution in [0.15, 0.2) is 23.1 Å². The molecule has 20 heavy (non-hydrogen) atoms. The second kappa shape index (κ2) is 5.18. The summed E-state index contributed by atoms with van der Waals surface area (Å²) in [5.41, 5.74) is 1.30. The van der Waals surface area contributed by atoms with Crippen LogP contribution in [0.5, 0.6) is 0 Å². The first kappa shape index (κ1) is 15.0. The molecule has 1 aromatic carbocycles. The molecular weight excluding hydrogens is 276 g/mol. The lowest BCUT2D eigenvalue weighted by molar-refractivity contribution is 0.0890. The number of nitrogens with two attached hydrogens (primary N) is 1. The van der Waals surface area contributed by atoms with Gasteiger partial charge in [-0.15, -0.1) is 0 Å². The summed E-state index contributed by atoms with van der Waals surface area (Å²) in [6.07, 6.45) is 3.49. The number of amides is 1. The largest absolute Gasteiger partial charge is 0.351 e. The fourth-order valence-electron chi connectivity index (χ4n) is 2.41. The van der Waals surface area contributed by atoms with Crippen molar-refractivity contribution < 1.29 is 13.2 Å². The first-order valence-corrected chi connectivity index (χ1v) is 8.18. The third-order valence-corrected chi connectivity index (χ3v) is 4.92. The molecule has 0 aliphatic heterocycles. The van der Waals surface area contributed by atoms with Crippen LogP contribution in [0.25, 0.3) is 0 Å². The zero-order valence-electron chi connectivity index (χ0n) is 11.8. The Morgan fingerprint density at radius 3 is 2.50 bits per heavy atom. The second-order valence-corrected chi connectivity index (χ2v) is 7.43. The van der Waals surface area contributed by atoms with E-state index in [-0.39, 0.29) is 16.2 Å². The van der Waals surface area contributed by atoms with Crippen LogP contribution in [0.2, 0.25) is 0 Å². The molecule has 1 aliphatic rings. The molecular formula is C14H20N2O3S. The first-order chi connectivity index (χ1) is 9.21. The van der Waals surface area contributed by atoms with Gasteiger partial charge in [0.2, 0.25) is 10.0 Å². The van der Waals surface area contributed by atoms with Crippen LogP contribution in [-0.2, 0) is 10.0 Å². The zero-order chi connectivity index (χ0) is 15.0. The van der Waals surface area contributed by atoms with Crippen LogP contribution >= 0.6 is 0 Å². The number of benzene rings is 1. The maximum absolute atomic E-state index is 12.1. The van der Waals surface area contributed by atoms with E-state index < -0.39 is 10.0 Å². The van der Waals surface area contributed by atoms with Crippen molar-refractivity contribution >= 4 is 15.9 Å². The van der Waals surface area contributed by atoms with E-state index in [9.17, 15) is 13.2 Å². The molecule has 0 spiro atoms. The molecule has 6 heteroatoms. The fraction of sp³-hybridized carbons (Fsp3) is 0.500. The van der Waals surface area contributed by atoms with Crippen LogP contribution < -0.4 is 10.5 Å². The smallest absolute Gasteiger partial charge is 0.251 e. The third kappa shape index (κ3) is 3.19. The SMILES string of the molecule is Cc1cc(S(N)(=O)=O)ccc1C(=O)NCC1(C)CCC1. The van der Waals surface area contributed by atoms with Crippen molar-refractivity contribution in [1.82, 2.24) is 5.32 Å². The van der Waals surface area contributed by atoms with E-state index in [1.54, 1.807) is 6.92 Å². The molecule has 110 valence electrons. The van der Waals surface area contributed by atoms with Gasteiger partial charge in [0, 0.05) is 12.1 Å². The monoisotopic (exact) mass is 296 g/mol. The predicted octanol–water partition coefficient (Wildman–Crippen LogP) is 1.56. The number of carbonyl (C=O) groups excluding carboxylic acids is 1. The molecule has 3 N–H and O–H groups in total. The van der Waals surface area contributed by atoms with Crippen LogP contribution in [0.4, 0.5) is 0 Å². The van der Waals surface area contributed by atoms with Crippen molar-refractivity contribution in [3.8, 4) is 0 Å². The fourth-order valence-corrected chi connectivity index (χ4v) is 3.01.